The largest absolute Gasteiger partial charge is 0.438 e. The fraction of sp³-hybridized carbons (Fsp3) is 0.208. The van der Waals surface area contributed by atoms with Crippen molar-refractivity contribution in [1.82, 2.24) is 24.2 Å². The molecule has 4 aromatic rings. The van der Waals surface area contributed by atoms with Crippen LogP contribution in [0.1, 0.15) is 16.1 Å². The fourth-order valence-electron chi connectivity index (χ4n) is 3.82. The van der Waals surface area contributed by atoms with Gasteiger partial charge < -0.3 is 14.0 Å². The maximum atomic E-state index is 13.2. The van der Waals surface area contributed by atoms with Gasteiger partial charge in [0.1, 0.15) is 17.0 Å². The fourth-order valence-corrected chi connectivity index (χ4v) is 4.09. The first-order valence-corrected chi connectivity index (χ1v) is 11.3. The Hall–Kier alpha value is -3.23. The molecule has 0 radical (unpaired) electrons. The van der Waals surface area contributed by atoms with Gasteiger partial charge in [-0.1, -0.05) is 22.0 Å². The Balaban J connectivity index is 1.23. The van der Waals surface area contributed by atoms with Gasteiger partial charge in [0, 0.05) is 55.8 Å². The van der Waals surface area contributed by atoms with Crippen LogP contribution in [0.25, 0.3) is 5.65 Å². The molecule has 8 heteroatoms. The maximum absolute atomic E-state index is 13.2. The van der Waals surface area contributed by atoms with E-state index in [1.165, 1.54) is 0 Å². The zero-order chi connectivity index (χ0) is 21.9. The second-order valence-electron chi connectivity index (χ2n) is 7.68. The van der Waals surface area contributed by atoms with Gasteiger partial charge in [-0.2, -0.15) is 0 Å². The molecule has 1 aliphatic rings. The molecule has 4 heterocycles. The van der Waals surface area contributed by atoms with E-state index in [4.69, 9.17) is 4.74 Å². The van der Waals surface area contributed by atoms with E-state index >= 15 is 0 Å². The van der Waals surface area contributed by atoms with Crippen molar-refractivity contribution in [3.8, 4) is 11.6 Å². The molecule has 0 saturated carbocycles. The van der Waals surface area contributed by atoms with Crippen molar-refractivity contribution in [2.24, 2.45) is 0 Å². The monoisotopic (exact) mass is 491 g/mol. The topological polar surface area (TPSA) is 63.0 Å². The highest BCUT2D eigenvalue weighted by Crippen LogP contribution is 2.26. The molecule has 0 bridgehead atoms. The summed E-state index contributed by atoms with van der Waals surface area (Å²) in [6.07, 6.45) is 5.70. The Labute approximate surface area is 194 Å². The number of rotatable bonds is 5. The maximum Gasteiger partial charge on any atom is 0.259 e. The van der Waals surface area contributed by atoms with Gasteiger partial charge >= 0.3 is 0 Å². The number of hydrogen-bond acceptors (Lipinski definition) is 5. The molecule has 0 atom stereocenters. The lowest BCUT2D eigenvalue weighted by molar-refractivity contribution is 0.0624. The molecule has 1 aliphatic heterocycles. The molecule has 1 amide bonds. The number of carbonyl (C=O) groups excluding carboxylic acids is 1. The van der Waals surface area contributed by atoms with Crippen LogP contribution in [0.4, 0.5) is 0 Å². The molecule has 1 fully saturated rings. The van der Waals surface area contributed by atoms with Crippen LogP contribution in [-0.2, 0) is 6.54 Å². The lowest BCUT2D eigenvalue weighted by Crippen LogP contribution is -2.48. The van der Waals surface area contributed by atoms with Gasteiger partial charge in [-0.15, -0.1) is 0 Å². The van der Waals surface area contributed by atoms with Gasteiger partial charge in [-0.05, 0) is 48.5 Å². The second kappa shape index (κ2) is 9.10. The summed E-state index contributed by atoms with van der Waals surface area (Å²) in [5.74, 6) is 0.905. The van der Waals surface area contributed by atoms with Gasteiger partial charge in [0.2, 0.25) is 5.88 Å². The normalized spacial score (nSPS) is 14.6. The van der Waals surface area contributed by atoms with E-state index in [1.807, 2.05) is 58.0 Å². The predicted molar refractivity (Wildman–Crippen MR) is 125 cm³/mol. The molecule has 7 nitrogen and oxygen atoms in total. The van der Waals surface area contributed by atoms with Crippen molar-refractivity contribution in [3.63, 3.8) is 0 Å². The number of halogens is 1. The van der Waals surface area contributed by atoms with E-state index in [0.717, 1.165) is 35.4 Å². The van der Waals surface area contributed by atoms with Crippen molar-refractivity contribution in [1.29, 1.82) is 0 Å². The van der Waals surface area contributed by atoms with E-state index < -0.39 is 0 Å². The number of amides is 1. The third-order valence-electron chi connectivity index (χ3n) is 5.49. The highest BCUT2D eigenvalue weighted by molar-refractivity contribution is 9.10. The van der Waals surface area contributed by atoms with Crippen LogP contribution >= 0.6 is 15.9 Å². The van der Waals surface area contributed by atoms with Crippen LogP contribution in [0.3, 0.4) is 0 Å². The van der Waals surface area contributed by atoms with Crippen LogP contribution < -0.4 is 4.74 Å². The van der Waals surface area contributed by atoms with Gasteiger partial charge in [0.15, 0.2) is 0 Å². The van der Waals surface area contributed by atoms with Gasteiger partial charge in [-0.25, -0.2) is 9.97 Å². The molecule has 0 spiro atoms. The lowest BCUT2D eigenvalue weighted by Gasteiger charge is -2.34. The molecule has 32 heavy (non-hydrogen) atoms. The SMILES string of the molecule is O=C(c1cccnc1Oc1ccc(Br)cc1)N1CCN(Cc2cn3ccccc3n2)CC1. The van der Waals surface area contributed by atoms with Crippen molar-refractivity contribution >= 4 is 27.5 Å². The minimum atomic E-state index is -0.0578. The van der Waals surface area contributed by atoms with Crippen LogP contribution in [0.2, 0.25) is 0 Å². The number of hydrogen-bond donors (Lipinski definition) is 0. The second-order valence-corrected chi connectivity index (χ2v) is 8.59. The standard InChI is InChI=1S/C24H22BrN5O2/c25-18-6-8-20(9-7-18)32-23-21(4-3-10-26-23)24(31)29-14-12-28(13-15-29)16-19-17-30-11-2-1-5-22(30)27-19/h1-11,17H,12-16H2. The minimum Gasteiger partial charge on any atom is -0.438 e. The summed E-state index contributed by atoms with van der Waals surface area (Å²) >= 11 is 3.41. The molecular formula is C24H22BrN5O2. The van der Waals surface area contributed by atoms with Crippen molar-refractivity contribution in [3.05, 3.63) is 88.9 Å². The first-order chi connectivity index (χ1) is 15.7. The van der Waals surface area contributed by atoms with Gasteiger partial charge in [-0.3, -0.25) is 9.69 Å². The van der Waals surface area contributed by atoms with E-state index in [-0.39, 0.29) is 5.91 Å². The average molecular weight is 492 g/mol. The molecule has 1 saturated heterocycles. The summed E-state index contributed by atoms with van der Waals surface area (Å²) in [7, 11) is 0. The van der Waals surface area contributed by atoms with Crippen molar-refractivity contribution in [2.75, 3.05) is 26.2 Å². The summed E-state index contributed by atoms with van der Waals surface area (Å²) < 4.78 is 8.90. The Kier molecular flexibility index (Phi) is 5.87. The summed E-state index contributed by atoms with van der Waals surface area (Å²) in [4.78, 5) is 26.4. The Morgan fingerprint density at radius 2 is 1.81 bits per heavy atom. The molecule has 0 unspecified atom stereocenters. The predicted octanol–water partition coefficient (Wildman–Crippen LogP) is 4.24. The summed E-state index contributed by atoms with van der Waals surface area (Å²) in [5, 5.41) is 0. The van der Waals surface area contributed by atoms with Crippen molar-refractivity contribution in [2.45, 2.75) is 6.54 Å². The zero-order valence-electron chi connectivity index (χ0n) is 17.4. The number of ether oxygens (including phenoxy) is 1. The average Bonchev–Trinajstić information content (AvgIpc) is 3.23. The number of fused-ring (bicyclic) bond motifs is 1. The minimum absolute atomic E-state index is 0.0578. The molecular weight excluding hydrogens is 470 g/mol. The molecule has 1 aromatic carbocycles. The zero-order valence-corrected chi connectivity index (χ0v) is 19.0. The molecule has 3 aromatic heterocycles. The van der Waals surface area contributed by atoms with Crippen LogP contribution in [0.15, 0.2) is 77.7 Å². The van der Waals surface area contributed by atoms with E-state index in [1.54, 1.807) is 18.3 Å². The highest BCUT2D eigenvalue weighted by atomic mass is 79.9. The molecule has 162 valence electrons. The Bertz CT molecular complexity index is 1200. The van der Waals surface area contributed by atoms with Gasteiger partial charge in [0.25, 0.3) is 5.91 Å². The summed E-state index contributed by atoms with van der Waals surface area (Å²) in [6.45, 7) is 3.66. The van der Waals surface area contributed by atoms with Crippen molar-refractivity contribution < 1.29 is 9.53 Å². The summed E-state index contributed by atoms with van der Waals surface area (Å²) in [6, 6.07) is 17.0. The number of nitrogens with zero attached hydrogens (tertiary/aromatic N) is 5. The third-order valence-corrected chi connectivity index (χ3v) is 6.02. The highest BCUT2D eigenvalue weighted by Gasteiger charge is 2.25. The van der Waals surface area contributed by atoms with Crippen LogP contribution in [0, 0.1) is 0 Å². The number of benzene rings is 1. The number of imidazole rings is 1. The Morgan fingerprint density at radius 3 is 2.59 bits per heavy atom. The third kappa shape index (κ3) is 4.51. The van der Waals surface area contributed by atoms with E-state index in [9.17, 15) is 4.79 Å². The van der Waals surface area contributed by atoms with Crippen LogP contribution in [-0.4, -0.2) is 56.3 Å². The van der Waals surface area contributed by atoms with Crippen LogP contribution in [0.5, 0.6) is 11.6 Å². The number of aromatic nitrogens is 3. The number of piperazine rings is 1. The first kappa shape index (κ1) is 20.7. The first-order valence-electron chi connectivity index (χ1n) is 10.5. The smallest absolute Gasteiger partial charge is 0.259 e. The van der Waals surface area contributed by atoms with E-state index in [0.29, 0.717) is 30.3 Å². The molecule has 0 aliphatic carbocycles. The molecule has 0 N–H and O–H groups in total. The Morgan fingerprint density at radius 1 is 1.00 bits per heavy atom. The number of pyridine rings is 2. The lowest BCUT2D eigenvalue weighted by atomic mass is 10.2. The number of carbonyl (C=O) groups is 1. The summed E-state index contributed by atoms with van der Waals surface area (Å²) in [5.41, 5.74) is 2.46. The van der Waals surface area contributed by atoms with E-state index in [2.05, 4.69) is 37.0 Å². The quantitative estimate of drug-likeness (QED) is 0.417. The van der Waals surface area contributed by atoms with Gasteiger partial charge in [0.05, 0.1) is 5.69 Å². The molecule has 5 rings (SSSR count).